The van der Waals surface area contributed by atoms with Gasteiger partial charge in [-0.1, -0.05) is 12.1 Å². The Hall–Kier alpha value is -4.39. The Kier molecular flexibility index (Phi) is 6.29. The maximum atomic E-state index is 12.9. The lowest BCUT2D eigenvalue weighted by molar-refractivity contribution is -0.111. The number of benzene rings is 3. The molecule has 1 aliphatic rings. The molecule has 1 aromatic heterocycles. The summed E-state index contributed by atoms with van der Waals surface area (Å²) in [4.78, 5) is 12.9. The van der Waals surface area contributed by atoms with E-state index in [1.807, 2.05) is 51.1 Å². The number of amides is 1. The van der Waals surface area contributed by atoms with E-state index in [0.29, 0.717) is 29.5 Å². The van der Waals surface area contributed by atoms with Crippen molar-refractivity contribution in [3.63, 3.8) is 0 Å². The molecule has 1 aliphatic heterocycles. The summed E-state index contributed by atoms with van der Waals surface area (Å²) in [5.74, 6) is 2.51. The van der Waals surface area contributed by atoms with Crippen LogP contribution in [0, 0.1) is 6.92 Å². The van der Waals surface area contributed by atoms with Crippen LogP contribution in [-0.2, 0) is 4.79 Å². The second-order valence-corrected chi connectivity index (χ2v) is 8.45. The molecule has 0 spiro atoms. The topological polar surface area (TPSA) is 79.2 Å². The molecule has 1 amide bonds. The highest BCUT2D eigenvalue weighted by atomic mass is 16.7. The molecule has 7 heteroatoms. The van der Waals surface area contributed by atoms with Crippen LogP contribution in [0.2, 0.25) is 0 Å². The molecule has 0 radical (unpaired) electrons. The number of furan rings is 1. The summed E-state index contributed by atoms with van der Waals surface area (Å²) in [6.45, 7) is 6.47. The number of hydrogen-bond acceptors (Lipinski definition) is 6. The number of aryl methyl sites for hydroxylation is 1. The largest absolute Gasteiger partial charge is 0.497 e. The standard InChI is InChI=1S/C29H27NO6/c1-5-33-28-18(3)29-23(24(15-34-29)19-6-9-21(32-4)10-7-19)14-22(28)17(2)12-27(31)30-20-8-11-25-26(13-20)36-16-35-25/h6-15H,5,16H2,1-4H3,(H,30,31)/b17-12+. The normalized spacial score (nSPS) is 12.6. The molecule has 0 atom stereocenters. The summed E-state index contributed by atoms with van der Waals surface area (Å²) in [7, 11) is 1.64. The van der Waals surface area contributed by atoms with Gasteiger partial charge in [-0.2, -0.15) is 0 Å². The Morgan fingerprint density at radius 1 is 1.08 bits per heavy atom. The van der Waals surface area contributed by atoms with Gasteiger partial charge in [0.1, 0.15) is 17.1 Å². The van der Waals surface area contributed by atoms with Gasteiger partial charge in [-0.3, -0.25) is 4.79 Å². The fourth-order valence-electron chi connectivity index (χ4n) is 4.36. The fourth-order valence-corrected chi connectivity index (χ4v) is 4.36. The molecule has 0 bridgehead atoms. The molecular formula is C29H27NO6. The predicted octanol–water partition coefficient (Wildman–Crippen LogP) is 6.59. The minimum absolute atomic E-state index is 0.181. The summed E-state index contributed by atoms with van der Waals surface area (Å²) in [5, 5.41) is 3.84. The highest BCUT2D eigenvalue weighted by Crippen LogP contribution is 2.41. The molecule has 4 aromatic rings. The smallest absolute Gasteiger partial charge is 0.248 e. The summed E-state index contributed by atoms with van der Waals surface area (Å²) in [6, 6.07) is 15.2. The molecule has 2 heterocycles. The number of methoxy groups -OCH3 is 1. The van der Waals surface area contributed by atoms with Crippen molar-refractivity contribution in [1.29, 1.82) is 0 Å². The summed E-state index contributed by atoms with van der Waals surface area (Å²) < 4.78 is 28.0. The molecule has 3 aromatic carbocycles. The van der Waals surface area contributed by atoms with E-state index in [1.165, 1.54) is 0 Å². The molecule has 36 heavy (non-hydrogen) atoms. The number of fused-ring (bicyclic) bond motifs is 2. The lowest BCUT2D eigenvalue weighted by Crippen LogP contribution is -2.09. The van der Waals surface area contributed by atoms with Crippen LogP contribution in [0.5, 0.6) is 23.0 Å². The zero-order valence-electron chi connectivity index (χ0n) is 20.6. The van der Waals surface area contributed by atoms with Crippen molar-refractivity contribution in [2.45, 2.75) is 20.8 Å². The third-order valence-corrected chi connectivity index (χ3v) is 6.15. The van der Waals surface area contributed by atoms with E-state index in [1.54, 1.807) is 37.6 Å². The number of carbonyl (C=O) groups is 1. The van der Waals surface area contributed by atoms with E-state index in [4.69, 9.17) is 23.4 Å². The predicted molar refractivity (Wildman–Crippen MR) is 139 cm³/mol. The molecule has 0 unspecified atom stereocenters. The van der Waals surface area contributed by atoms with Crippen molar-refractivity contribution in [2.75, 3.05) is 25.8 Å². The summed E-state index contributed by atoms with van der Waals surface area (Å²) in [6.07, 6.45) is 3.32. The van der Waals surface area contributed by atoms with Gasteiger partial charge in [-0.25, -0.2) is 0 Å². The number of nitrogens with one attached hydrogen (secondary N) is 1. The van der Waals surface area contributed by atoms with Gasteiger partial charge in [0.05, 0.1) is 20.0 Å². The quantitative estimate of drug-likeness (QED) is 0.298. The molecule has 0 saturated heterocycles. The van der Waals surface area contributed by atoms with Crippen LogP contribution in [0.3, 0.4) is 0 Å². The van der Waals surface area contributed by atoms with Crippen LogP contribution in [0.25, 0.3) is 27.7 Å². The highest BCUT2D eigenvalue weighted by molar-refractivity contribution is 6.06. The molecule has 7 nitrogen and oxygen atoms in total. The van der Waals surface area contributed by atoms with Crippen LogP contribution in [0.15, 0.2) is 65.3 Å². The van der Waals surface area contributed by atoms with Gasteiger partial charge in [-0.05, 0) is 62.2 Å². The Balaban J connectivity index is 1.51. The minimum Gasteiger partial charge on any atom is -0.497 e. The van der Waals surface area contributed by atoms with E-state index in [2.05, 4.69) is 5.32 Å². The van der Waals surface area contributed by atoms with Gasteiger partial charge < -0.3 is 28.7 Å². The van der Waals surface area contributed by atoms with Crippen molar-refractivity contribution in [3.8, 4) is 34.1 Å². The Bertz CT molecular complexity index is 1470. The molecule has 0 saturated carbocycles. The van der Waals surface area contributed by atoms with Crippen molar-refractivity contribution in [1.82, 2.24) is 0 Å². The first-order valence-electron chi connectivity index (χ1n) is 11.7. The van der Waals surface area contributed by atoms with Gasteiger partial charge in [0.25, 0.3) is 0 Å². The molecule has 0 aliphatic carbocycles. The number of ether oxygens (including phenoxy) is 4. The number of hydrogen-bond donors (Lipinski definition) is 1. The molecule has 5 rings (SSSR count). The average Bonchev–Trinajstić information content (AvgIpc) is 3.52. The third-order valence-electron chi connectivity index (χ3n) is 6.15. The molecular weight excluding hydrogens is 458 g/mol. The number of carbonyl (C=O) groups excluding carboxylic acids is 1. The third kappa shape index (κ3) is 4.35. The monoisotopic (exact) mass is 485 g/mol. The van der Waals surface area contributed by atoms with Crippen LogP contribution in [-0.4, -0.2) is 26.4 Å². The van der Waals surface area contributed by atoms with Gasteiger partial charge in [0, 0.05) is 39.9 Å². The van der Waals surface area contributed by atoms with E-state index >= 15 is 0 Å². The second-order valence-electron chi connectivity index (χ2n) is 8.45. The van der Waals surface area contributed by atoms with Crippen molar-refractivity contribution in [3.05, 3.63) is 72.0 Å². The fraction of sp³-hybridized carbons (Fsp3) is 0.207. The molecule has 184 valence electrons. The average molecular weight is 486 g/mol. The summed E-state index contributed by atoms with van der Waals surface area (Å²) >= 11 is 0. The first-order valence-corrected chi connectivity index (χ1v) is 11.7. The number of allylic oxidation sites excluding steroid dienone is 1. The Labute approximate surface area is 209 Å². The van der Waals surface area contributed by atoms with Gasteiger partial charge in [0.15, 0.2) is 11.5 Å². The first kappa shape index (κ1) is 23.4. The first-order chi connectivity index (χ1) is 17.5. The van der Waals surface area contributed by atoms with Crippen LogP contribution >= 0.6 is 0 Å². The minimum atomic E-state index is -0.255. The SMILES string of the molecule is CCOc1c(/C(C)=C/C(=O)Nc2ccc3c(c2)OCO3)cc2c(-c3ccc(OC)cc3)coc2c1C. The van der Waals surface area contributed by atoms with Crippen molar-refractivity contribution >= 4 is 28.1 Å². The van der Waals surface area contributed by atoms with Crippen molar-refractivity contribution < 1.29 is 28.2 Å². The number of rotatable bonds is 7. The van der Waals surface area contributed by atoms with E-state index in [-0.39, 0.29) is 12.7 Å². The van der Waals surface area contributed by atoms with Crippen LogP contribution in [0.4, 0.5) is 5.69 Å². The molecule has 1 N–H and O–H groups in total. The lowest BCUT2D eigenvalue weighted by atomic mass is 9.96. The van der Waals surface area contributed by atoms with E-state index in [9.17, 15) is 4.79 Å². The second kappa shape index (κ2) is 9.70. The van der Waals surface area contributed by atoms with Gasteiger partial charge >= 0.3 is 0 Å². The Morgan fingerprint density at radius 3 is 2.61 bits per heavy atom. The molecule has 0 fully saturated rings. The number of anilines is 1. The van der Waals surface area contributed by atoms with Crippen molar-refractivity contribution in [2.24, 2.45) is 0 Å². The maximum absolute atomic E-state index is 12.9. The van der Waals surface area contributed by atoms with Crippen LogP contribution in [0.1, 0.15) is 25.0 Å². The maximum Gasteiger partial charge on any atom is 0.248 e. The zero-order valence-corrected chi connectivity index (χ0v) is 20.6. The zero-order chi connectivity index (χ0) is 25.2. The van der Waals surface area contributed by atoms with E-state index in [0.717, 1.165) is 44.5 Å². The van der Waals surface area contributed by atoms with E-state index < -0.39 is 0 Å². The Morgan fingerprint density at radius 2 is 1.86 bits per heavy atom. The van der Waals surface area contributed by atoms with Gasteiger partial charge in [-0.15, -0.1) is 0 Å². The van der Waals surface area contributed by atoms with Crippen LogP contribution < -0.4 is 24.3 Å². The lowest BCUT2D eigenvalue weighted by Gasteiger charge is -2.15. The summed E-state index contributed by atoms with van der Waals surface area (Å²) in [5.41, 5.74) is 5.83. The highest BCUT2D eigenvalue weighted by Gasteiger charge is 2.20. The van der Waals surface area contributed by atoms with Gasteiger partial charge in [0.2, 0.25) is 12.7 Å².